The van der Waals surface area contributed by atoms with Gasteiger partial charge in [0.25, 0.3) is 0 Å². The molecule has 5 heteroatoms. The first-order chi connectivity index (χ1) is 12.8. The lowest BCUT2D eigenvalue weighted by atomic mass is 9.95. The Morgan fingerprint density at radius 3 is 2.69 bits per heavy atom. The molecule has 0 aliphatic carbocycles. The molecule has 1 fully saturated rings. The molecular weight excluding hydrogens is 326 g/mol. The van der Waals surface area contributed by atoms with E-state index in [9.17, 15) is 4.79 Å². The van der Waals surface area contributed by atoms with Gasteiger partial charge in [-0.2, -0.15) is 0 Å². The van der Waals surface area contributed by atoms with Crippen LogP contribution in [0.3, 0.4) is 0 Å². The molecule has 2 aromatic rings. The van der Waals surface area contributed by atoms with Gasteiger partial charge in [0.2, 0.25) is 5.91 Å². The minimum absolute atomic E-state index is 0.0287. The molecule has 0 saturated carbocycles. The number of carbonyl (C=O) groups excluding carboxylic acids is 1. The van der Waals surface area contributed by atoms with E-state index in [4.69, 9.17) is 4.74 Å². The second-order valence-corrected chi connectivity index (χ2v) is 7.07. The number of pyridine rings is 1. The SMILES string of the molecule is O=C(C1CCOc2ccccc2C1)N1CCN(Cc2ccccn2)CC1. The second-order valence-electron chi connectivity index (χ2n) is 7.07. The summed E-state index contributed by atoms with van der Waals surface area (Å²) in [5.74, 6) is 1.24. The highest BCUT2D eigenvalue weighted by molar-refractivity contribution is 5.79. The van der Waals surface area contributed by atoms with E-state index in [0.717, 1.165) is 62.6 Å². The maximum absolute atomic E-state index is 13.0. The Bertz CT molecular complexity index is 742. The molecule has 1 amide bonds. The van der Waals surface area contributed by atoms with E-state index >= 15 is 0 Å². The number of fused-ring (bicyclic) bond motifs is 1. The van der Waals surface area contributed by atoms with Crippen LogP contribution in [0.5, 0.6) is 5.75 Å². The minimum Gasteiger partial charge on any atom is -0.493 e. The van der Waals surface area contributed by atoms with Crippen LogP contribution in [0.1, 0.15) is 17.7 Å². The van der Waals surface area contributed by atoms with Crippen LogP contribution in [0, 0.1) is 5.92 Å². The fourth-order valence-electron chi connectivity index (χ4n) is 3.81. The van der Waals surface area contributed by atoms with E-state index in [1.165, 1.54) is 0 Å². The van der Waals surface area contributed by atoms with Crippen molar-refractivity contribution in [2.45, 2.75) is 19.4 Å². The Morgan fingerprint density at radius 1 is 1.08 bits per heavy atom. The van der Waals surface area contributed by atoms with Gasteiger partial charge >= 0.3 is 0 Å². The van der Waals surface area contributed by atoms with Gasteiger partial charge in [-0.25, -0.2) is 0 Å². The van der Waals surface area contributed by atoms with Crippen LogP contribution in [0.4, 0.5) is 0 Å². The smallest absolute Gasteiger partial charge is 0.226 e. The average Bonchev–Trinajstić information content (AvgIpc) is 2.91. The predicted octanol–water partition coefficient (Wildman–Crippen LogP) is 2.37. The second kappa shape index (κ2) is 7.87. The number of carbonyl (C=O) groups is 1. The van der Waals surface area contributed by atoms with E-state index in [0.29, 0.717) is 6.61 Å². The third kappa shape index (κ3) is 3.88. The molecular formula is C21H25N3O2. The highest BCUT2D eigenvalue weighted by Gasteiger charge is 2.29. The van der Waals surface area contributed by atoms with Gasteiger partial charge in [0.05, 0.1) is 12.3 Å². The van der Waals surface area contributed by atoms with Crippen LogP contribution in [0.15, 0.2) is 48.7 Å². The van der Waals surface area contributed by atoms with Gasteiger partial charge < -0.3 is 9.64 Å². The average molecular weight is 351 g/mol. The van der Waals surface area contributed by atoms with E-state index in [2.05, 4.69) is 22.0 Å². The number of hydrogen-bond donors (Lipinski definition) is 0. The first kappa shape index (κ1) is 17.0. The van der Waals surface area contributed by atoms with Crippen molar-refractivity contribution in [2.24, 2.45) is 5.92 Å². The number of piperazine rings is 1. The van der Waals surface area contributed by atoms with Crippen molar-refractivity contribution < 1.29 is 9.53 Å². The quantitative estimate of drug-likeness (QED) is 0.852. The number of hydrogen-bond acceptors (Lipinski definition) is 4. The zero-order valence-corrected chi connectivity index (χ0v) is 15.0. The summed E-state index contributed by atoms with van der Waals surface area (Å²) >= 11 is 0. The van der Waals surface area contributed by atoms with Gasteiger partial charge in [0.15, 0.2) is 0 Å². The number of rotatable bonds is 3. The molecule has 0 N–H and O–H groups in total. The van der Waals surface area contributed by atoms with Gasteiger partial charge in [-0.15, -0.1) is 0 Å². The summed E-state index contributed by atoms with van der Waals surface area (Å²) in [5.41, 5.74) is 2.24. The summed E-state index contributed by atoms with van der Waals surface area (Å²) < 4.78 is 5.81. The van der Waals surface area contributed by atoms with Crippen molar-refractivity contribution in [1.82, 2.24) is 14.8 Å². The standard InChI is InChI=1S/C21H25N3O2/c25-21(18-8-14-26-20-7-2-1-5-17(20)15-18)24-12-10-23(11-13-24)16-19-6-3-4-9-22-19/h1-7,9,18H,8,10-16H2. The zero-order chi connectivity index (χ0) is 17.8. The lowest BCUT2D eigenvalue weighted by molar-refractivity contribution is -0.137. The molecule has 136 valence electrons. The first-order valence-electron chi connectivity index (χ1n) is 9.41. The number of nitrogens with zero attached hydrogens (tertiary/aromatic N) is 3. The van der Waals surface area contributed by atoms with Crippen LogP contribution in [-0.4, -0.2) is 53.5 Å². The molecule has 1 atom stereocenters. The Kier molecular flexibility index (Phi) is 5.16. The molecule has 5 nitrogen and oxygen atoms in total. The predicted molar refractivity (Wildman–Crippen MR) is 99.8 cm³/mol. The topological polar surface area (TPSA) is 45.7 Å². The summed E-state index contributed by atoms with van der Waals surface area (Å²) in [6.07, 6.45) is 3.41. The number of benzene rings is 1. The van der Waals surface area contributed by atoms with E-state index < -0.39 is 0 Å². The van der Waals surface area contributed by atoms with Gasteiger partial charge in [-0.1, -0.05) is 24.3 Å². The lowest BCUT2D eigenvalue weighted by Gasteiger charge is -2.36. The molecule has 3 heterocycles. The van der Waals surface area contributed by atoms with Crippen LogP contribution in [0.2, 0.25) is 0 Å². The van der Waals surface area contributed by atoms with E-state index in [1.807, 2.05) is 41.4 Å². The molecule has 2 aliphatic rings. The van der Waals surface area contributed by atoms with Crippen molar-refractivity contribution in [3.63, 3.8) is 0 Å². The molecule has 0 bridgehead atoms. The summed E-state index contributed by atoms with van der Waals surface area (Å²) in [7, 11) is 0. The van der Waals surface area contributed by atoms with Crippen LogP contribution in [0.25, 0.3) is 0 Å². The van der Waals surface area contributed by atoms with E-state index in [-0.39, 0.29) is 11.8 Å². The molecule has 1 aromatic carbocycles. The summed E-state index contributed by atoms with van der Waals surface area (Å²) in [6, 6.07) is 14.1. The Morgan fingerprint density at radius 2 is 1.88 bits per heavy atom. The Hall–Kier alpha value is -2.40. The fourth-order valence-corrected chi connectivity index (χ4v) is 3.81. The number of para-hydroxylation sites is 1. The van der Waals surface area contributed by atoms with Gasteiger partial charge in [0, 0.05) is 44.8 Å². The summed E-state index contributed by atoms with van der Waals surface area (Å²) in [6.45, 7) is 4.88. The molecule has 0 spiro atoms. The van der Waals surface area contributed by atoms with Crippen molar-refractivity contribution in [3.8, 4) is 5.75 Å². The van der Waals surface area contributed by atoms with Gasteiger partial charge in [-0.3, -0.25) is 14.7 Å². The number of amides is 1. The van der Waals surface area contributed by atoms with Crippen molar-refractivity contribution in [1.29, 1.82) is 0 Å². The normalized spacial score (nSPS) is 20.8. The zero-order valence-electron chi connectivity index (χ0n) is 15.0. The molecule has 0 radical (unpaired) electrons. The molecule has 1 aromatic heterocycles. The summed E-state index contributed by atoms with van der Waals surface area (Å²) in [5, 5.41) is 0. The Labute approximate surface area is 154 Å². The van der Waals surface area contributed by atoms with Crippen molar-refractivity contribution in [3.05, 3.63) is 59.9 Å². The maximum atomic E-state index is 13.0. The molecule has 1 saturated heterocycles. The highest BCUT2D eigenvalue weighted by atomic mass is 16.5. The Balaban J connectivity index is 1.33. The van der Waals surface area contributed by atoms with Crippen LogP contribution < -0.4 is 4.74 Å². The molecule has 2 aliphatic heterocycles. The largest absolute Gasteiger partial charge is 0.493 e. The highest BCUT2D eigenvalue weighted by Crippen LogP contribution is 2.27. The van der Waals surface area contributed by atoms with E-state index in [1.54, 1.807) is 0 Å². The third-order valence-corrected chi connectivity index (χ3v) is 5.31. The van der Waals surface area contributed by atoms with Gasteiger partial charge in [-0.05, 0) is 36.6 Å². The maximum Gasteiger partial charge on any atom is 0.226 e. The first-order valence-corrected chi connectivity index (χ1v) is 9.41. The van der Waals surface area contributed by atoms with Crippen molar-refractivity contribution in [2.75, 3.05) is 32.8 Å². The van der Waals surface area contributed by atoms with Crippen LogP contribution in [-0.2, 0) is 17.8 Å². The number of aromatic nitrogens is 1. The van der Waals surface area contributed by atoms with Crippen LogP contribution >= 0.6 is 0 Å². The van der Waals surface area contributed by atoms with Crippen molar-refractivity contribution >= 4 is 5.91 Å². The molecule has 4 rings (SSSR count). The monoisotopic (exact) mass is 351 g/mol. The number of ether oxygens (including phenoxy) is 1. The molecule has 26 heavy (non-hydrogen) atoms. The van der Waals surface area contributed by atoms with Gasteiger partial charge in [0.1, 0.15) is 5.75 Å². The fraction of sp³-hybridized carbons (Fsp3) is 0.429. The molecule has 1 unspecified atom stereocenters. The minimum atomic E-state index is 0.0287. The third-order valence-electron chi connectivity index (χ3n) is 5.31. The summed E-state index contributed by atoms with van der Waals surface area (Å²) in [4.78, 5) is 21.8. The lowest BCUT2D eigenvalue weighted by Crippen LogP contribution is -2.50.